The van der Waals surface area contributed by atoms with Crippen molar-refractivity contribution in [2.24, 2.45) is 0 Å². The van der Waals surface area contributed by atoms with Gasteiger partial charge >= 0.3 is 0 Å². The maximum atomic E-state index is 9.54. The van der Waals surface area contributed by atoms with Crippen molar-refractivity contribution in [1.29, 1.82) is 0 Å². The van der Waals surface area contributed by atoms with Gasteiger partial charge in [-0.25, -0.2) is 0 Å². The van der Waals surface area contributed by atoms with Gasteiger partial charge in [0.15, 0.2) is 0 Å². The molecule has 1 aromatic carbocycles. The van der Waals surface area contributed by atoms with Crippen LogP contribution in [0.4, 0.5) is 0 Å². The number of aromatic hydroxyl groups is 1. The third kappa shape index (κ3) is 3.70. The molecule has 0 bridgehead atoms. The van der Waals surface area contributed by atoms with Crippen molar-refractivity contribution in [3.8, 4) is 5.75 Å². The predicted molar refractivity (Wildman–Crippen MR) is 61.1 cm³/mol. The fraction of sp³-hybridized carbons (Fsp3) is 0.455. The Kier molecular flexibility index (Phi) is 3.97. The second-order valence-electron chi connectivity index (χ2n) is 4.17. The van der Waals surface area contributed by atoms with E-state index in [1.54, 1.807) is 18.2 Å². The summed E-state index contributed by atoms with van der Waals surface area (Å²) >= 11 is 5.81. The molecule has 0 aromatic heterocycles. The molecule has 0 fully saturated rings. The first-order valence-corrected chi connectivity index (χ1v) is 5.16. The molecule has 0 saturated heterocycles. The van der Waals surface area contributed by atoms with Gasteiger partial charge in [-0.1, -0.05) is 11.6 Å². The highest BCUT2D eigenvalue weighted by Crippen LogP contribution is 2.21. The summed E-state index contributed by atoms with van der Waals surface area (Å²) in [6, 6.07) is 4.90. The van der Waals surface area contributed by atoms with Crippen molar-refractivity contribution in [3.05, 3.63) is 28.8 Å². The van der Waals surface area contributed by atoms with Crippen LogP contribution < -0.4 is 5.32 Å². The second kappa shape index (κ2) is 4.84. The lowest BCUT2D eigenvalue weighted by molar-refractivity contribution is 0.187. The van der Waals surface area contributed by atoms with Gasteiger partial charge in [0.05, 0.1) is 6.61 Å². The molecule has 0 spiro atoms. The molecule has 0 unspecified atom stereocenters. The van der Waals surface area contributed by atoms with Gasteiger partial charge in [0.1, 0.15) is 5.75 Å². The van der Waals surface area contributed by atoms with Gasteiger partial charge in [-0.2, -0.15) is 0 Å². The molecule has 0 saturated carbocycles. The van der Waals surface area contributed by atoms with Crippen LogP contribution in [0, 0.1) is 0 Å². The lowest BCUT2D eigenvalue weighted by atomic mass is 10.1. The van der Waals surface area contributed by atoms with E-state index >= 15 is 0 Å². The van der Waals surface area contributed by atoms with Crippen molar-refractivity contribution in [2.45, 2.75) is 25.9 Å². The van der Waals surface area contributed by atoms with Crippen LogP contribution in [0.15, 0.2) is 18.2 Å². The fourth-order valence-electron chi connectivity index (χ4n) is 1.09. The Hall–Kier alpha value is -0.770. The monoisotopic (exact) mass is 229 g/mol. The molecule has 0 radical (unpaired) electrons. The van der Waals surface area contributed by atoms with E-state index in [0.29, 0.717) is 11.6 Å². The fourth-order valence-corrected chi connectivity index (χ4v) is 1.28. The molecule has 0 atom stereocenters. The molecule has 0 amide bonds. The molecule has 0 aliphatic heterocycles. The number of phenols is 1. The van der Waals surface area contributed by atoms with Crippen LogP contribution in [0.3, 0.4) is 0 Å². The summed E-state index contributed by atoms with van der Waals surface area (Å²) in [7, 11) is 0. The molecule has 3 N–H and O–H groups in total. The minimum atomic E-state index is -0.366. The quantitative estimate of drug-likeness (QED) is 0.739. The van der Waals surface area contributed by atoms with Gasteiger partial charge < -0.3 is 15.5 Å². The normalized spacial score (nSPS) is 11.7. The molecule has 0 aliphatic rings. The van der Waals surface area contributed by atoms with Crippen LogP contribution in [-0.4, -0.2) is 22.4 Å². The first-order valence-electron chi connectivity index (χ1n) is 4.78. The molecule has 4 heteroatoms. The summed E-state index contributed by atoms with van der Waals surface area (Å²) < 4.78 is 0. The van der Waals surface area contributed by atoms with Gasteiger partial charge in [-0.05, 0) is 32.0 Å². The molecule has 15 heavy (non-hydrogen) atoms. The van der Waals surface area contributed by atoms with Crippen LogP contribution in [0.25, 0.3) is 0 Å². The lowest BCUT2D eigenvalue weighted by Crippen LogP contribution is -2.42. The van der Waals surface area contributed by atoms with Crippen LogP contribution in [0.2, 0.25) is 5.02 Å². The zero-order valence-corrected chi connectivity index (χ0v) is 9.67. The van der Waals surface area contributed by atoms with Gasteiger partial charge in [0, 0.05) is 22.7 Å². The third-order valence-electron chi connectivity index (χ3n) is 2.19. The van der Waals surface area contributed by atoms with Gasteiger partial charge in [-0.15, -0.1) is 0 Å². The summed E-state index contributed by atoms with van der Waals surface area (Å²) in [6.07, 6.45) is 0. The van der Waals surface area contributed by atoms with E-state index in [4.69, 9.17) is 16.7 Å². The predicted octanol–water partition coefficient (Wildman–Crippen LogP) is 1.91. The van der Waals surface area contributed by atoms with Crippen molar-refractivity contribution >= 4 is 11.6 Å². The Labute approximate surface area is 94.7 Å². The van der Waals surface area contributed by atoms with E-state index in [2.05, 4.69) is 5.32 Å². The molecule has 1 rings (SSSR count). The van der Waals surface area contributed by atoms with E-state index in [-0.39, 0.29) is 17.9 Å². The molecule has 0 aliphatic carbocycles. The van der Waals surface area contributed by atoms with E-state index in [1.807, 2.05) is 13.8 Å². The van der Waals surface area contributed by atoms with E-state index < -0.39 is 0 Å². The summed E-state index contributed by atoms with van der Waals surface area (Å²) in [5.41, 5.74) is 0.360. The van der Waals surface area contributed by atoms with Gasteiger partial charge in [0.2, 0.25) is 0 Å². The summed E-state index contributed by atoms with van der Waals surface area (Å²) in [5.74, 6) is 0.209. The average molecular weight is 230 g/mol. The second-order valence-corrected chi connectivity index (χ2v) is 4.61. The number of benzene rings is 1. The Bertz CT molecular complexity index is 339. The van der Waals surface area contributed by atoms with E-state index in [0.717, 1.165) is 5.56 Å². The topological polar surface area (TPSA) is 52.5 Å². The van der Waals surface area contributed by atoms with Gasteiger partial charge in [-0.3, -0.25) is 0 Å². The molecular weight excluding hydrogens is 214 g/mol. The van der Waals surface area contributed by atoms with Crippen LogP contribution in [0.5, 0.6) is 5.75 Å². The Morgan fingerprint density at radius 2 is 2.07 bits per heavy atom. The highest BCUT2D eigenvalue weighted by molar-refractivity contribution is 6.30. The first-order chi connectivity index (χ1) is 6.94. The standard InChI is InChI=1S/C11H16ClNO2/c1-11(2,7-14)13-6-8-5-9(12)3-4-10(8)15/h3-5,13-15H,6-7H2,1-2H3. The molecule has 1 aromatic rings. The van der Waals surface area contributed by atoms with Crippen molar-refractivity contribution < 1.29 is 10.2 Å². The van der Waals surface area contributed by atoms with E-state index in [9.17, 15) is 5.11 Å². The molecular formula is C11H16ClNO2. The third-order valence-corrected chi connectivity index (χ3v) is 2.43. The van der Waals surface area contributed by atoms with Gasteiger partial charge in [0.25, 0.3) is 0 Å². The SMILES string of the molecule is CC(C)(CO)NCc1cc(Cl)ccc1O. The average Bonchev–Trinajstić information content (AvgIpc) is 2.20. The van der Waals surface area contributed by atoms with Crippen LogP contribution in [0.1, 0.15) is 19.4 Å². The van der Waals surface area contributed by atoms with Crippen LogP contribution >= 0.6 is 11.6 Å². The Morgan fingerprint density at radius 1 is 1.40 bits per heavy atom. The Morgan fingerprint density at radius 3 is 2.67 bits per heavy atom. The number of rotatable bonds is 4. The number of aliphatic hydroxyl groups is 1. The van der Waals surface area contributed by atoms with Crippen molar-refractivity contribution in [2.75, 3.05) is 6.61 Å². The van der Waals surface area contributed by atoms with Crippen LogP contribution in [-0.2, 0) is 6.54 Å². The lowest BCUT2D eigenvalue weighted by Gasteiger charge is -2.23. The highest BCUT2D eigenvalue weighted by atomic mass is 35.5. The molecule has 3 nitrogen and oxygen atoms in total. The van der Waals surface area contributed by atoms with Crippen molar-refractivity contribution in [1.82, 2.24) is 5.32 Å². The molecule has 0 heterocycles. The first kappa shape index (κ1) is 12.3. The molecule has 84 valence electrons. The maximum absolute atomic E-state index is 9.54. The van der Waals surface area contributed by atoms with E-state index in [1.165, 1.54) is 0 Å². The number of hydrogen-bond acceptors (Lipinski definition) is 3. The summed E-state index contributed by atoms with van der Waals surface area (Å²) in [5, 5.41) is 22.3. The number of halogens is 1. The minimum absolute atomic E-state index is 0.0360. The smallest absolute Gasteiger partial charge is 0.120 e. The minimum Gasteiger partial charge on any atom is -0.508 e. The number of phenolic OH excluding ortho intramolecular Hbond substituents is 1. The highest BCUT2D eigenvalue weighted by Gasteiger charge is 2.15. The Balaban J connectivity index is 2.69. The summed E-state index contributed by atoms with van der Waals surface area (Å²) in [4.78, 5) is 0. The van der Waals surface area contributed by atoms with Crippen molar-refractivity contribution in [3.63, 3.8) is 0 Å². The largest absolute Gasteiger partial charge is 0.508 e. The zero-order chi connectivity index (χ0) is 11.5. The number of aliphatic hydroxyl groups excluding tert-OH is 1. The zero-order valence-electron chi connectivity index (χ0n) is 8.92. The summed E-state index contributed by atoms with van der Waals surface area (Å²) in [6.45, 7) is 4.28. The number of hydrogen-bond donors (Lipinski definition) is 3. The number of nitrogens with one attached hydrogen (secondary N) is 1. The maximum Gasteiger partial charge on any atom is 0.120 e.